The van der Waals surface area contributed by atoms with Crippen molar-refractivity contribution in [3.63, 3.8) is 0 Å². The first kappa shape index (κ1) is 13.5. The van der Waals surface area contributed by atoms with E-state index in [9.17, 15) is 4.39 Å². The van der Waals surface area contributed by atoms with Gasteiger partial charge in [0.1, 0.15) is 17.4 Å². The third-order valence-electron chi connectivity index (χ3n) is 2.44. The van der Waals surface area contributed by atoms with Crippen molar-refractivity contribution in [2.75, 3.05) is 0 Å². The first-order valence-corrected chi connectivity index (χ1v) is 6.20. The van der Waals surface area contributed by atoms with Gasteiger partial charge in [-0.2, -0.15) is 0 Å². The van der Waals surface area contributed by atoms with E-state index >= 15 is 0 Å². The Bertz CT molecular complexity index is 626. The van der Waals surface area contributed by atoms with Crippen LogP contribution in [0.2, 0.25) is 0 Å². The maximum atomic E-state index is 13.3. The highest BCUT2D eigenvalue weighted by Crippen LogP contribution is 2.27. The summed E-state index contributed by atoms with van der Waals surface area (Å²) in [5.74, 6) is -0.102. The van der Waals surface area contributed by atoms with Gasteiger partial charge in [0, 0.05) is 16.7 Å². The largest absolute Gasteiger partial charge is 0.438 e. The van der Waals surface area contributed by atoms with Gasteiger partial charge in [0.15, 0.2) is 0 Å². The molecule has 4 nitrogen and oxygen atoms in total. The van der Waals surface area contributed by atoms with E-state index in [1.165, 1.54) is 12.1 Å². The highest BCUT2D eigenvalue weighted by Gasteiger charge is 2.13. The molecule has 19 heavy (non-hydrogen) atoms. The maximum absolute atomic E-state index is 13.3. The summed E-state index contributed by atoms with van der Waals surface area (Å²) >= 11 is 3.18. The van der Waals surface area contributed by atoms with Gasteiger partial charge in [0.25, 0.3) is 0 Å². The third-order valence-corrected chi connectivity index (χ3v) is 2.90. The summed E-state index contributed by atoms with van der Waals surface area (Å²) in [6.07, 6.45) is 1.55. The number of nitrogens with one attached hydrogen (secondary N) is 1. The van der Waals surface area contributed by atoms with E-state index < -0.39 is 5.82 Å². The van der Waals surface area contributed by atoms with Crippen molar-refractivity contribution in [3.05, 3.63) is 51.9 Å². The Kier molecular flexibility index (Phi) is 3.80. The number of amidine groups is 1. The van der Waals surface area contributed by atoms with Crippen molar-refractivity contribution in [1.82, 2.24) is 4.98 Å². The molecular weight excluding hydrogens is 313 g/mol. The second kappa shape index (κ2) is 5.36. The second-order valence-electron chi connectivity index (χ2n) is 3.93. The number of ether oxygens (including phenoxy) is 1. The number of aryl methyl sites for hydroxylation is 1. The zero-order valence-corrected chi connectivity index (χ0v) is 11.7. The minimum Gasteiger partial charge on any atom is -0.438 e. The molecule has 0 bridgehead atoms. The van der Waals surface area contributed by atoms with Crippen LogP contribution in [-0.2, 0) is 0 Å². The summed E-state index contributed by atoms with van der Waals surface area (Å²) < 4.78 is 19.3. The first-order chi connectivity index (χ1) is 8.97. The molecule has 0 amide bonds. The summed E-state index contributed by atoms with van der Waals surface area (Å²) in [6.45, 7) is 1.80. The van der Waals surface area contributed by atoms with Crippen molar-refractivity contribution >= 4 is 21.8 Å². The van der Waals surface area contributed by atoms with Gasteiger partial charge in [0.2, 0.25) is 5.88 Å². The monoisotopic (exact) mass is 323 g/mol. The average molecular weight is 324 g/mol. The van der Waals surface area contributed by atoms with Crippen molar-refractivity contribution < 1.29 is 9.13 Å². The lowest BCUT2D eigenvalue weighted by Crippen LogP contribution is -2.14. The number of nitrogens with two attached hydrogens (primary N) is 1. The summed E-state index contributed by atoms with van der Waals surface area (Å²) in [4.78, 5) is 4.03. The van der Waals surface area contributed by atoms with Crippen LogP contribution in [0.15, 0.2) is 34.9 Å². The number of halogens is 2. The molecule has 3 N–H and O–H groups in total. The summed E-state index contributed by atoms with van der Waals surface area (Å²) in [7, 11) is 0. The van der Waals surface area contributed by atoms with E-state index in [0.29, 0.717) is 10.0 Å². The fourth-order valence-electron chi connectivity index (χ4n) is 1.64. The smallest absolute Gasteiger partial charge is 0.230 e. The molecule has 0 spiro atoms. The molecule has 0 radical (unpaired) electrons. The third kappa shape index (κ3) is 3.08. The summed E-state index contributed by atoms with van der Waals surface area (Å²) in [5, 5.41) is 7.54. The van der Waals surface area contributed by atoms with Crippen molar-refractivity contribution in [3.8, 4) is 11.6 Å². The van der Waals surface area contributed by atoms with Gasteiger partial charge in [0.05, 0.1) is 5.56 Å². The number of nitrogens with zero attached hydrogens (tertiary/aromatic N) is 1. The minimum atomic E-state index is -0.429. The Labute approximate surface area is 118 Å². The molecule has 1 aromatic heterocycles. The van der Waals surface area contributed by atoms with Crippen LogP contribution in [0.5, 0.6) is 11.6 Å². The average Bonchev–Trinajstić information content (AvgIpc) is 2.26. The van der Waals surface area contributed by atoms with Gasteiger partial charge in [-0.15, -0.1) is 0 Å². The lowest BCUT2D eigenvalue weighted by Gasteiger charge is -2.11. The van der Waals surface area contributed by atoms with Gasteiger partial charge in [-0.3, -0.25) is 5.41 Å². The van der Waals surface area contributed by atoms with E-state index in [0.717, 1.165) is 5.56 Å². The zero-order valence-electron chi connectivity index (χ0n) is 10.1. The number of hydrogen-bond acceptors (Lipinski definition) is 3. The normalized spacial score (nSPS) is 10.3. The van der Waals surface area contributed by atoms with Crippen molar-refractivity contribution in [2.24, 2.45) is 5.73 Å². The second-order valence-corrected chi connectivity index (χ2v) is 4.84. The van der Waals surface area contributed by atoms with Gasteiger partial charge >= 0.3 is 0 Å². The van der Waals surface area contributed by atoms with Gasteiger partial charge in [-0.25, -0.2) is 9.37 Å². The number of rotatable bonds is 3. The zero-order chi connectivity index (χ0) is 14.0. The van der Waals surface area contributed by atoms with Crippen molar-refractivity contribution in [1.29, 1.82) is 5.41 Å². The first-order valence-electron chi connectivity index (χ1n) is 5.41. The Balaban J connectivity index is 2.43. The molecule has 2 rings (SSSR count). The summed E-state index contributed by atoms with van der Waals surface area (Å²) in [5.41, 5.74) is 6.69. The Morgan fingerprint density at radius 3 is 2.79 bits per heavy atom. The van der Waals surface area contributed by atoms with Crippen LogP contribution in [-0.4, -0.2) is 10.8 Å². The fourth-order valence-corrected chi connectivity index (χ4v) is 2.08. The molecule has 0 saturated heterocycles. The lowest BCUT2D eigenvalue weighted by atomic mass is 10.1. The quantitative estimate of drug-likeness (QED) is 0.672. The van der Waals surface area contributed by atoms with E-state index in [2.05, 4.69) is 20.9 Å². The number of hydrogen-bond donors (Lipinski definition) is 2. The standard InChI is InChI=1S/C13H11BrFN3O/c1-7-2-3-18-13(11(7)12(16)17)19-10-5-8(14)4-9(15)6-10/h2-6H,1H3,(H3,16,17). The Morgan fingerprint density at radius 1 is 1.42 bits per heavy atom. The van der Waals surface area contributed by atoms with E-state index in [4.69, 9.17) is 15.9 Å². The number of aromatic nitrogens is 1. The molecule has 0 saturated carbocycles. The Hall–Kier alpha value is -1.95. The molecule has 0 unspecified atom stereocenters. The lowest BCUT2D eigenvalue weighted by molar-refractivity contribution is 0.456. The molecule has 0 atom stereocenters. The molecule has 1 heterocycles. The van der Waals surface area contributed by atoms with Crippen LogP contribution >= 0.6 is 15.9 Å². The predicted octanol–water partition coefficient (Wildman–Crippen LogP) is 3.37. The maximum Gasteiger partial charge on any atom is 0.230 e. The number of nitrogen functional groups attached to an aromatic ring is 1. The highest BCUT2D eigenvalue weighted by molar-refractivity contribution is 9.10. The van der Waals surface area contributed by atoms with Crippen molar-refractivity contribution in [2.45, 2.75) is 6.92 Å². The number of benzene rings is 1. The van der Waals surface area contributed by atoms with E-state index in [1.807, 2.05) is 0 Å². The molecule has 0 aliphatic heterocycles. The van der Waals surface area contributed by atoms with Crippen LogP contribution in [0.4, 0.5) is 4.39 Å². The SMILES string of the molecule is Cc1ccnc(Oc2cc(F)cc(Br)c2)c1C(=N)N. The molecule has 0 aliphatic carbocycles. The highest BCUT2D eigenvalue weighted by atomic mass is 79.9. The molecule has 0 aliphatic rings. The van der Waals surface area contributed by atoms with Crippen LogP contribution in [0, 0.1) is 18.2 Å². The van der Waals surface area contributed by atoms with Gasteiger partial charge < -0.3 is 10.5 Å². The molecule has 2 aromatic rings. The fraction of sp³-hybridized carbons (Fsp3) is 0.0769. The van der Waals surface area contributed by atoms with Gasteiger partial charge in [-0.1, -0.05) is 15.9 Å². The molecule has 6 heteroatoms. The van der Waals surface area contributed by atoms with Crippen LogP contribution < -0.4 is 10.5 Å². The number of pyridine rings is 1. The topological polar surface area (TPSA) is 72.0 Å². The molecular formula is C13H11BrFN3O. The molecule has 1 aromatic carbocycles. The Morgan fingerprint density at radius 2 is 2.16 bits per heavy atom. The van der Waals surface area contributed by atoms with E-state index in [1.54, 1.807) is 25.3 Å². The molecule has 98 valence electrons. The van der Waals surface area contributed by atoms with Crippen LogP contribution in [0.3, 0.4) is 0 Å². The predicted molar refractivity (Wildman–Crippen MR) is 74.2 cm³/mol. The van der Waals surface area contributed by atoms with E-state index in [-0.39, 0.29) is 17.5 Å². The van der Waals surface area contributed by atoms with Crippen LogP contribution in [0.1, 0.15) is 11.1 Å². The minimum absolute atomic E-state index is 0.143. The van der Waals surface area contributed by atoms with Gasteiger partial charge in [-0.05, 0) is 30.7 Å². The molecule has 0 fully saturated rings. The van der Waals surface area contributed by atoms with Crippen LogP contribution in [0.25, 0.3) is 0 Å². The summed E-state index contributed by atoms with van der Waals surface area (Å²) in [6, 6.07) is 5.89.